The first-order chi connectivity index (χ1) is 31.1. The summed E-state index contributed by atoms with van der Waals surface area (Å²) in [6, 6.07) is 60.2. The predicted molar refractivity (Wildman–Crippen MR) is 258 cm³/mol. The summed E-state index contributed by atoms with van der Waals surface area (Å²) in [6.45, 7) is 4.43. The van der Waals surface area contributed by atoms with Crippen LogP contribution in [0.15, 0.2) is 222 Å². The lowest BCUT2D eigenvalue weighted by molar-refractivity contribution is 0.669. The second-order valence-corrected chi connectivity index (χ2v) is 16.6. The minimum Gasteiger partial charge on any atom is -0.455 e. The van der Waals surface area contributed by atoms with Crippen molar-refractivity contribution in [1.82, 2.24) is 15.0 Å². The number of hydrogen-bond acceptors (Lipinski definition) is 4. The molecule has 1 unspecified atom stereocenters. The van der Waals surface area contributed by atoms with Gasteiger partial charge in [-0.15, -0.1) is 0 Å². The maximum absolute atomic E-state index is 6.48. The standard InChI is InChI=1S/C59H41N3O/c1-3-4-22-46-44-25-10-14-31-52(44)59(50-29-12-8-23-42(50)43-24-9-13-30-51(43)59)54(46)49-36-40(34-33-37(49)2)39-20-16-21-41(35-39)57-60-56(38-18-6-5-7-19-38)61-58(62-57)48-28-17-27-47-45-26-11-15-32-53(45)63-55(47)48/h3-37H,1-2H3/b4-3-,46-22-,54-49-. The van der Waals surface area contributed by atoms with E-state index in [1.165, 1.54) is 50.1 Å². The van der Waals surface area contributed by atoms with E-state index < -0.39 is 5.41 Å². The minimum atomic E-state index is -0.479. The van der Waals surface area contributed by atoms with E-state index in [0.717, 1.165) is 49.8 Å². The lowest BCUT2D eigenvalue weighted by atomic mass is 9.67. The van der Waals surface area contributed by atoms with Crippen LogP contribution in [0.3, 0.4) is 0 Å². The average molecular weight is 808 g/mol. The van der Waals surface area contributed by atoms with Crippen LogP contribution >= 0.6 is 0 Å². The van der Waals surface area contributed by atoms with Crippen LogP contribution in [-0.4, -0.2) is 15.0 Å². The molecule has 0 N–H and O–H groups in total. The zero-order chi connectivity index (χ0) is 42.1. The van der Waals surface area contributed by atoms with Gasteiger partial charge in [0.05, 0.1) is 11.0 Å². The minimum absolute atomic E-state index is 0.160. The molecular formula is C59H41N3O. The molecule has 298 valence electrons. The number of fused-ring (bicyclic) bond motifs is 10. The summed E-state index contributed by atoms with van der Waals surface area (Å²) in [7, 11) is 0. The zero-order valence-electron chi connectivity index (χ0n) is 35.0. The maximum Gasteiger partial charge on any atom is 0.167 e. The quantitative estimate of drug-likeness (QED) is 0.174. The molecule has 1 spiro atoms. The highest BCUT2D eigenvalue weighted by molar-refractivity contribution is 6.09. The fourth-order valence-corrected chi connectivity index (χ4v) is 10.3. The van der Waals surface area contributed by atoms with E-state index in [9.17, 15) is 0 Å². The molecule has 0 saturated heterocycles. The van der Waals surface area contributed by atoms with E-state index >= 15 is 0 Å². The van der Waals surface area contributed by atoms with Crippen molar-refractivity contribution >= 4 is 33.1 Å². The predicted octanol–water partition coefficient (Wildman–Crippen LogP) is 14.6. The van der Waals surface area contributed by atoms with E-state index in [4.69, 9.17) is 19.4 Å². The van der Waals surface area contributed by atoms with E-state index in [2.05, 4.69) is 166 Å². The van der Waals surface area contributed by atoms with Gasteiger partial charge in [0.1, 0.15) is 11.2 Å². The number of furan rings is 1. The van der Waals surface area contributed by atoms with E-state index in [1.807, 2.05) is 54.6 Å². The van der Waals surface area contributed by atoms with Crippen molar-refractivity contribution in [2.75, 3.05) is 0 Å². The highest BCUT2D eigenvalue weighted by Gasteiger charge is 2.54. The molecule has 0 saturated carbocycles. The Morgan fingerprint density at radius 3 is 1.87 bits per heavy atom. The number of hydrogen-bond donors (Lipinski definition) is 0. The zero-order valence-corrected chi connectivity index (χ0v) is 35.0. The number of aromatic nitrogens is 3. The summed E-state index contributed by atoms with van der Waals surface area (Å²) in [6.07, 6.45) is 13.7. The van der Waals surface area contributed by atoms with Crippen molar-refractivity contribution < 1.29 is 4.42 Å². The molecule has 0 amide bonds. The van der Waals surface area contributed by atoms with Crippen molar-refractivity contribution in [3.05, 3.63) is 245 Å². The Morgan fingerprint density at radius 1 is 0.540 bits per heavy atom. The SMILES string of the molecule is C\C=C/C=C1\C(=C2/C=C(c3cccc(-c4nc(-c5ccccc5)nc(-c5cccc6c5oc5ccccc56)n4)c3)C=CC2C)C2(c3ccccc31)c1ccccc1-c1ccccc12. The number of nitrogens with zero attached hydrogens (tertiary/aromatic N) is 3. The van der Waals surface area contributed by atoms with Gasteiger partial charge in [0.25, 0.3) is 0 Å². The summed E-state index contributed by atoms with van der Waals surface area (Å²) in [5, 5.41) is 2.10. The lowest BCUT2D eigenvalue weighted by Gasteiger charge is -2.34. The van der Waals surface area contributed by atoms with Gasteiger partial charge in [-0.25, -0.2) is 15.0 Å². The third-order valence-electron chi connectivity index (χ3n) is 13.1. The number of allylic oxidation sites excluding steroid dienone is 10. The van der Waals surface area contributed by atoms with Crippen molar-refractivity contribution in [2.24, 2.45) is 5.92 Å². The smallest absolute Gasteiger partial charge is 0.167 e. The van der Waals surface area contributed by atoms with Gasteiger partial charge in [0.2, 0.25) is 0 Å². The molecule has 9 aromatic rings. The molecule has 1 atom stereocenters. The Bertz CT molecular complexity index is 3440. The molecule has 0 radical (unpaired) electrons. The molecule has 0 fully saturated rings. The van der Waals surface area contributed by atoms with Gasteiger partial charge in [0.15, 0.2) is 17.5 Å². The molecule has 0 bridgehead atoms. The monoisotopic (exact) mass is 807 g/mol. The molecule has 7 aromatic carbocycles. The molecule has 0 aliphatic heterocycles. The Kier molecular flexibility index (Phi) is 8.55. The maximum atomic E-state index is 6.48. The van der Waals surface area contributed by atoms with Crippen LogP contribution < -0.4 is 0 Å². The second-order valence-electron chi connectivity index (χ2n) is 16.6. The third kappa shape index (κ3) is 5.65. The van der Waals surface area contributed by atoms with Gasteiger partial charge in [-0.2, -0.15) is 0 Å². The van der Waals surface area contributed by atoms with Gasteiger partial charge >= 0.3 is 0 Å². The van der Waals surface area contributed by atoms with Crippen LogP contribution in [0.4, 0.5) is 0 Å². The second kappa shape index (κ2) is 14.6. The number of para-hydroxylation sites is 2. The van der Waals surface area contributed by atoms with Gasteiger partial charge < -0.3 is 4.42 Å². The molecule has 4 nitrogen and oxygen atoms in total. The summed E-state index contributed by atoms with van der Waals surface area (Å²) in [5.74, 6) is 1.93. The Balaban J connectivity index is 1.05. The highest BCUT2D eigenvalue weighted by atomic mass is 16.3. The van der Waals surface area contributed by atoms with Crippen LogP contribution in [0.25, 0.3) is 78.4 Å². The molecule has 3 aliphatic rings. The van der Waals surface area contributed by atoms with Gasteiger partial charge in [-0.3, -0.25) is 0 Å². The molecule has 4 heteroatoms. The van der Waals surface area contributed by atoms with Crippen LogP contribution in [0.2, 0.25) is 0 Å². The molecule has 2 aromatic heterocycles. The van der Waals surface area contributed by atoms with E-state index in [0.29, 0.717) is 17.5 Å². The summed E-state index contributed by atoms with van der Waals surface area (Å²) in [5.41, 5.74) is 17.8. The van der Waals surface area contributed by atoms with Gasteiger partial charge in [0, 0.05) is 21.9 Å². The number of rotatable bonds is 5. The normalized spacial score (nSPS) is 17.8. The summed E-state index contributed by atoms with van der Waals surface area (Å²) in [4.78, 5) is 15.4. The number of benzene rings is 7. The van der Waals surface area contributed by atoms with Crippen molar-refractivity contribution in [3.8, 4) is 45.3 Å². The largest absolute Gasteiger partial charge is 0.455 e. The Morgan fingerprint density at radius 2 is 1.11 bits per heavy atom. The molecule has 12 rings (SSSR count). The summed E-state index contributed by atoms with van der Waals surface area (Å²) >= 11 is 0. The molecular weight excluding hydrogens is 767 g/mol. The van der Waals surface area contributed by atoms with Gasteiger partial charge in [-0.1, -0.05) is 195 Å². The highest BCUT2D eigenvalue weighted by Crippen LogP contribution is 2.65. The van der Waals surface area contributed by atoms with Crippen LogP contribution in [0.5, 0.6) is 0 Å². The Hall–Kier alpha value is -7.95. The lowest BCUT2D eigenvalue weighted by Crippen LogP contribution is -2.28. The first kappa shape index (κ1) is 36.9. The molecule has 3 aliphatic carbocycles. The first-order valence-corrected chi connectivity index (χ1v) is 21.7. The molecule has 63 heavy (non-hydrogen) atoms. The Labute approximate surface area is 366 Å². The van der Waals surface area contributed by atoms with Crippen molar-refractivity contribution in [1.29, 1.82) is 0 Å². The fraction of sp³-hybridized carbons (Fsp3) is 0.0678. The van der Waals surface area contributed by atoms with Crippen molar-refractivity contribution in [2.45, 2.75) is 19.3 Å². The van der Waals surface area contributed by atoms with Crippen LogP contribution in [0.1, 0.15) is 41.7 Å². The average Bonchev–Trinajstić information content (AvgIpc) is 3.98. The molecule has 2 heterocycles. The van der Waals surface area contributed by atoms with E-state index in [-0.39, 0.29) is 5.92 Å². The summed E-state index contributed by atoms with van der Waals surface area (Å²) < 4.78 is 6.48. The van der Waals surface area contributed by atoms with Gasteiger partial charge in [-0.05, 0) is 92.3 Å². The van der Waals surface area contributed by atoms with Crippen molar-refractivity contribution in [3.63, 3.8) is 0 Å². The fourth-order valence-electron chi connectivity index (χ4n) is 10.3. The first-order valence-electron chi connectivity index (χ1n) is 21.7. The van der Waals surface area contributed by atoms with E-state index in [1.54, 1.807) is 0 Å². The topological polar surface area (TPSA) is 51.8 Å². The van der Waals surface area contributed by atoms with Crippen LogP contribution in [-0.2, 0) is 5.41 Å². The van der Waals surface area contributed by atoms with Crippen LogP contribution in [0, 0.1) is 5.92 Å². The third-order valence-corrected chi connectivity index (χ3v) is 13.1.